The van der Waals surface area contributed by atoms with Crippen LogP contribution in [0, 0.1) is 11.8 Å². The van der Waals surface area contributed by atoms with Gasteiger partial charge in [-0.05, 0) is 45.6 Å². The average molecular weight is 321 g/mol. The van der Waals surface area contributed by atoms with Crippen molar-refractivity contribution in [1.82, 2.24) is 15.1 Å². The average Bonchev–Trinajstić information content (AvgIpc) is 3.28. The molecule has 1 unspecified atom stereocenters. The highest BCUT2D eigenvalue weighted by Crippen LogP contribution is 2.32. The van der Waals surface area contributed by atoms with Crippen LogP contribution in [0.4, 0.5) is 0 Å². The summed E-state index contributed by atoms with van der Waals surface area (Å²) in [4.78, 5) is 28.9. The summed E-state index contributed by atoms with van der Waals surface area (Å²) >= 11 is 0. The van der Waals surface area contributed by atoms with Gasteiger partial charge in [0.05, 0.1) is 5.92 Å². The second-order valence-corrected chi connectivity index (χ2v) is 7.61. The van der Waals surface area contributed by atoms with Crippen molar-refractivity contribution in [3.63, 3.8) is 0 Å². The molecule has 1 atom stereocenters. The molecule has 3 fully saturated rings. The fourth-order valence-electron chi connectivity index (χ4n) is 4.01. The molecule has 130 valence electrons. The third-order valence-electron chi connectivity index (χ3n) is 5.74. The first-order valence-electron chi connectivity index (χ1n) is 9.42. The Morgan fingerprint density at radius 1 is 1.04 bits per heavy atom. The number of rotatable bonds is 6. The van der Waals surface area contributed by atoms with Crippen molar-refractivity contribution in [2.24, 2.45) is 11.8 Å². The van der Waals surface area contributed by atoms with Crippen LogP contribution in [0.5, 0.6) is 0 Å². The normalized spacial score (nSPS) is 25.8. The van der Waals surface area contributed by atoms with Crippen LogP contribution in [0.2, 0.25) is 0 Å². The molecule has 23 heavy (non-hydrogen) atoms. The van der Waals surface area contributed by atoms with Crippen LogP contribution in [0.1, 0.15) is 51.4 Å². The zero-order valence-corrected chi connectivity index (χ0v) is 14.4. The molecule has 2 saturated carbocycles. The van der Waals surface area contributed by atoms with E-state index in [2.05, 4.69) is 17.3 Å². The molecular formula is C18H31N3O2. The van der Waals surface area contributed by atoms with Gasteiger partial charge < -0.3 is 15.1 Å². The maximum atomic E-state index is 12.4. The number of hydrogen-bond acceptors (Lipinski definition) is 3. The number of nitrogens with zero attached hydrogens (tertiary/aromatic N) is 2. The van der Waals surface area contributed by atoms with Crippen LogP contribution < -0.4 is 5.32 Å². The summed E-state index contributed by atoms with van der Waals surface area (Å²) in [5.74, 6) is 0.668. The summed E-state index contributed by atoms with van der Waals surface area (Å²) in [7, 11) is 2.17. The Labute approximate surface area is 139 Å². The van der Waals surface area contributed by atoms with Crippen LogP contribution in [-0.4, -0.2) is 60.9 Å². The lowest BCUT2D eigenvalue weighted by molar-refractivity contribution is -0.136. The van der Waals surface area contributed by atoms with Gasteiger partial charge in [0.25, 0.3) is 0 Å². The Bertz CT molecular complexity index is 430. The van der Waals surface area contributed by atoms with Gasteiger partial charge in [0, 0.05) is 38.1 Å². The SMILES string of the molecule is CN(CCNC(=O)C1CCCN(C(=O)C2CC2)C1)C1CCCC1. The van der Waals surface area contributed by atoms with Crippen LogP contribution in [0.15, 0.2) is 0 Å². The molecule has 0 radical (unpaired) electrons. The van der Waals surface area contributed by atoms with Gasteiger partial charge in [-0.15, -0.1) is 0 Å². The molecule has 0 aromatic carbocycles. The number of carbonyl (C=O) groups is 2. The minimum atomic E-state index is -0.0109. The van der Waals surface area contributed by atoms with E-state index >= 15 is 0 Å². The summed E-state index contributed by atoms with van der Waals surface area (Å²) < 4.78 is 0. The van der Waals surface area contributed by atoms with Gasteiger partial charge in [0.2, 0.25) is 11.8 Å². The number of carbonyl (C=O) groups excluding carboxylic acids is 2. The van der Waals surface area contributed by atoms with E-state index in [1.165, 1.54) is 25.7 Å². The van der Waals surface area contributed by atoms with Gasteiger partial charge >= 0.3 is 0 Å². The van der Waals surface area contributed by atoms with Gasteiger partial charge in [-0.25, -0.2) is 0 Å². The highest BCUT2D eigenvalue weighted by atomic mass is 16.2. The number of nitrogens with one attached hydrogen (secondary N) is 1. The zero-order valence-electron chi connectivity index (χ0n) is 14.4. The smallest absolute Gasteiger partial charge is 0.225 e. The maximum Gasteiger partial charge on any atom is 0.225 e. The number of likely N-dealkylation sites (tertiary alicyclic amines) is 1. The van der Waals surface area contributed by atoms with Gasteiger partial charge in [0.1, 0.15) is 0 Å². The lowest BCUT2D eigenvalue weighted by atomic mass is 9.96. The molecule has 0 spiro atoms. The van der Waals surface area contributed by atoms with Gasteiger partial charge in [-0.1, -0.05) is 12.8 Å². The predicted molar refractivity (Wildman–Crippen MR) is 89.9 cm³/mol. The first-order valence-corrected chi connectivity index (χ1v) is 9.42. The van der Waals surface area contributed by atoms with Crippen molar-refractivity contribution in [3.05, 3.63) is 0 Å². The number of hydrogen-bond donors (Lipinski definition) is 1. The molecule has 0 bridgehead atoms. The summed E-state index contributed by atoms with van der Waals surface area (Å²) in [6.45, 7) is 3.11. The third kappa shape index (κ3) is 4.46. The third-order valence-corrected chi connectivity index (χ3v) is 5.74. The number of piperidine rings is 1. The molecule has 1 saturated heterocycles. The Hall–Kier alpha value is -1.10. The zero-order chi connectivity index (χ0) is 16.2. The summed E-state index contributed by atoms with van der Waals surface area (Å²) in [6, 6.07) is 0.702. The van der Waals surface area contributed by atoms with E-state index in [-0.39, 0.29) is 23.7 Å². The Balaban J connectivity index is 1.38. The Morgan fingerprint density at radius 3 is 2.48 bits per heavy atom. The highest BCUT2D eigenvalue weighted by Gasteiger charge is 2.36. The molecule has 0 aromatic heterocycles. The molecule has 0 aromatic rings. The molecule has 1 N–H and O–H groups in total. The van der Waals surface area contributed by atoms with Crippen LogP contribution in [-0.2, 0) is 9.59 Å². The predicted octanol–water partition coefficient (Wildman–Crippen LogP) is 1.63. The second kappa shape index (κ2) is 7.65. The van der Waals surface area contributed by atoms with E-state index in [9.17, 15) is 9.59 Å². The molecule has 1 heterocycles. The molecule has 3 aliphatic rings. The molecule has 2 aliphatic carbocycles. The number of amides is 2. The van der Waals surface area contributed by atoms with Crippen LogP contribution >= 0.6 is 0 Å². The van der Waals surface area contributed by atoms with Gasteiger partial charge in [-0.2, -0.15) is 0 Å². The lowest BCUT2D eigenvalue weighted by Crippen LogP contribution is -2.47. The van der Waals surface area contributed by atoms with Gasteiger partial charge in [0.15, 0.2) is 0 Å². The van der Waals surface area contributed by atoms with Crippen molar-refractivity contribution < 1.29 is 9.59 Å². The van der Waals surface area contributed by atoms with Crippen molar-refractivity contribution in [1.29, 1.82) is 0 Å². The standard InChI is InChI=1S/C18H31N3O2/c1-20(16-6-2-3-7-16)12-10-19-17(22)15-5-4-11-21(13-15)18(23)14-8-9-14/h14-16H,2-13H2,1H3,(H,19,22). The molecular weight excluding hydrogens is 290 g/mol. The van der Waals surface area contributed by atoms with Crippen molar-refractivity contribution in [2.45, 2.75) is 57.4 Å². The van der Waals surface area contributed by atoms with Crippen molar-refractivity contribution >= 4 is 11.8 Å². The summed E-state index contributed by atoms with van der Waals surface area (Å²) in [5, 5.41) is 3.09. The van der Waals surface area contributed by atoms with Crippen LogP contribution in [0.25, 0.3) is 0 Å². The van der Waals surface area contributed by atoms with E-state index in [1.807, 2.05) is 4.90 Å². The minimum absolute atomic E-state index is 0.0109. The fourth-order valence-corrected chi connectivity index (χ4v) is 4.01. The summed E-state index contributed by atoms with van der Waals surface area (Å²) in [6.07, 6.45) is 9.23. The lowest BCUT2D eigenvalue weighted by Gasteiger charge is -2.32. The Kier molecular flexibility index (Phi) is 5.57. The molecule has 3 rings (SSSR count). The van der Waals surface area contributed by atoms with Crippen molar-refractivity contribution in [2.75, 3.05) is 33.2 Å². The van der Waals surface area contributed by atoms with E-state index in [0.717, 1.165) is 45.3 Å². The fraction of sp³-hybridized carbons (Fsp3) is 0.889. The highest BCUT2D eigenvalue weighted by molar-refractivity contribution is 5.83. The topological polar surface area (TPSA) is 52.7 Å². The quantitative estimate of drug-likeness (QED) is 0.809. The molecule has 1 aliphatic heterocycles. The Morgan fingerprint density at radius 2 is 1.78 bits per heavy atom. The maximum absolute atomic E-state index is 12.4. The van der Waals surface area contributed by atoms with Gasteiger partial charge in [-0.3, -0.25) is 9.59 Å². The largest absolute Gasteiger partial charge is 0.355 e. The monoisotopic (exact) mass is 321 g/mol. The van der Waals surface area contributed by atoms with Crippen LogP contribution in [0.3, 0.4) is 0 Å². The first kappa shape index (κ1) is 16.7. The molecule has 5 nitrogen and oxygen atoms in total. The second-order valence-electron chi connectivity index (χ2n) is 7.61. The van der Waals surface area contributed by atoms with E-state index < -0.39 is 0 Å². The number of likely N-dealkylation sites (N-methyl/N-ethyl adjacent to an activating group) is 1. The van der Waals surface area contributed by atoms with E-state index in [1.54, 1.807) is 0 Å². The molecule has 5 heteroatoms. The summed E-state index contributed by atoms with van der Waals surface area (Å²) in [5.41, 5.74) is 0. The minimum Gasteiger partial charge on any atom is -0.355 e. The first-order chi connectivity index (χ1) is 11.1. The van der Waals surface area contributed by atoms with E-state index in [0.29, 0.717) is 12.6 Å². The van der Waals surface area contributed by atoms with Crippen molar-refractivity contribution in [3.8, 4) is 0 Å². The molecule has 2 amide bonds. The van der Waals surface area contributed by atoms with E-state index in [4.69, 9.17) is 0 Å².